The van der Waals surface area contributed by atoms with Crippen molar-refractivity contribution in [3.05, 3.63) is 39.6 Å². The number of carbonyl (C=O) groups excluding carboxylic acids is 2. The molecule has 9 heteroatoms. The predicted octanol–water partition coefficient (Wildman–Crippen LogP) is 1.80. The molecule has 136 valence electrons. The minimum absolute atomic E-state index is 0.132. The third-order valence-electron chi connectivity index (χ3n) is 4.25. The smallest absolute Gasteiger partial charge is 0.267 e. The predicted molar refractivity (Wildman–Crippen MR) is 100 cm³/mol. The SMILES string of the molecule is Cc1nc(C)c(C(=O)Nc2ccnc(C3(C)CC(=O)N(C)C(N)=N3)c2)s1. The number of nitrogens with one attached hydrogen (secondary N) is 1. The second-order valence-electron chi connectivity index (χ2n) is 6.40. The van der Waals surface area contributed by atoms with E-state index in [1.54, 1.807) is 39.2 Å². The first-order valence-electron chi connectivity index (χ1n) is 8.03. The van der Waals surface area contributed by atoms with Gasteiger partial charge in [0.2, 0.25) is 5.91 Å². The molecule has 2 aromatic rings. The summed E-state index contributed by atoms with van der Waals surface area (Å²) in [5.41, 5.74) is 6.82. The van der Waals surface area contributed by atoms with Crippen LogP contribution in [0.25, 0.3) is 0 Å². The van der Waals surface area contributed by atoms with Crippen molar-refractivity contribution in [2.24, 2.45) is 10.7 Å². The number of nitrogens with two attached hydrogens (primary N) is 1. The van der Waals surface area contributed by atoms with Crippen molar-refractivity contribution in [1.29, 1.82) is 0 Å². The summed E-state index contributed by atoms with van der Waals surface area (Å²) in [5, 5.41) is 3.69. The summed E-state index contributed by atoms with van der Waals surface area (Å²) in [5.74, 6) is -0.208. The number of aromatic nitrogens is 2. The average Bonchev–Trinajstić information content (AvgIpc) is 2.91. The van der Waals surface area contributed by atoms with Gasteiger partial charge in [0.05, 0.1) is 22.8 Å². The van der Waals surface area contributed by atoms with E-state index >= 15 is 0 Å². The van der Waals surface area contributed by atoms with E-state index in [1.165, 1.54) is 16.2 Å². The highest BCUT2D eigenvalue weighted by Crippen LogP contribution is 2.32. The Hall–Kier alpha value is -2.81. The summed E-state index contributed by atoms with van der Waals surface area (Å²) >= 11 is 1.35. The Kier molecular flexibility index (Phi) is 4.49. The second-order valence-corrected chi connectivity index (χ2v) is 7.61. The fourth-order valence-electron chi connectivity index (χ4n) is 2.79. The summed E-state index contributed by atoms with van der Waals surface area (Å²) < 4.78 is 0. The Morgan fingerprint density at radius 3 is 2.77 bits per heavy atom. The average molecular weight is 372 g/mol. The lowest BCUT2D eigenvalue weighted by Gasteiger charge is -2.32. The monoisotopic (exact) mass is 372 g/mol. The van der Waals surface area contributed by atoms with Gasteiger partial charge < -0.3 is 11.1 Å². The zero-order valence-electron chi connectivity index (χ0n) is 15.0. The van der Waals surface area contributed by atoms with E-state index < -0.39 is 5.54 Å². The van der Waals surface area contributed by atoms with Gasteiger partial charge in [-0.25, -0.2) is 9.98 Å². The van der Waals surface area contributed by atoms with E-state index in [-0.39, 0.29) is 24.2 Å². The fraction of sp³-hybridized carbons (Fsp3) is 0.353. The van der Waals surface area contributed by atoms with Crippen LogP contribution in [0.2, 0.25) is 0 Å². The number of anilines is 1. The number of aryl methyl sites for hydroxylation is 2. The van der Waals surface area contributed by atoms with Crippen molar-refractivity contribution in [2.75, 3.05) is 12.4 Å². The summed E-state index contributed by atoms with van der Waals surface area (Å²) in [6, 6.07) is 3.41. The number of hydrogen-bond donors (Lipinski definition) is 2. The van der Waals surface area contributed by atoms with Gasteiger partial charge in [0.1, 0.15) is 10.4 Å². The zero-order chi connectivity index (χ0) is 19.1. The minimum Gasteiger partial charge on any atom is -0.369 e. The number of pyridine rings is 1. The maximum absolute atomic E-state index is 12.5. The third kappa shape index (κ3) is 3.30. The first kappa shape index (κ1) is 18.0. The van der Waals surface area contributed by atoms with E-state index in [9.17, 15) is 9.59 Å². The molecule has 3 heterocycles. The first-order valence-corrected chi connectivity index (χ1v) is 8.85. The van der Waals surface area contributed by atoms with Crippen molar-refractivity contribution in [3.8, 4) is 0 Å². The van der Waals surface area contributed by atoms with Gasteiger partial charge >= 0.3 is 0 Å². The highest BCUT2D eigenvalue weighted by molar-refractivity contribution is 7.13. The lowest BCUT2D eigenvalue weighted by atomic mass is 9.91. The molecule has 0 aliphatic carbocycles. The number of rotatable bonds is 3. The molecule has 2 aromatic heterocycles. The molecule has 1 unspecified atom stereocenters. The molecule has 0 fully saturated rings. The van der Waals surface area contributed by atoms with Crippen LogP contribution in [0, 0.1) is 13.8 Å². The maximum Gasteiger partial charge on any atom is 0.267 e. The van der Waals surface area contributed by atoms with Crippen molar-refractivity contribution < 1.29 is 9.59 Å². The first-order chi connectivity index (χ1) is 12.2. The van der Waals surface area contributed by atoms with E-state index in [0.29, 0.717) is 22.0 Å². The van der Waals surface area contributed by atoms with Gasteiger partial charge in [0, 0.05) is 18.9 Å². The summed E-state index contributed by atoms with van der Waals surface area (Å²) in [6.45, 7) is 5.47. The molecule has 0 aromatic carbocycles. The van der Waals surface area contributed by atoms with Crippen molar-refractivity contribution in [2.45, 2.75) is 32.7 Å². The van der Waals surface area contributed by atoms with Crippen LogP contribution in [0.15, 0.2) is 23.3 Å². The van der Waals surface area contributed by atoms with Crippen LogP contribution in [0.5, 0.6) is 0 Å². The van der Waals surface area contributed by atoms with Gasteiger partial charge in [-0.1, -0.05) is 0 Å². The third-order valence-corrected chi connectivity index (χ3v) is 5.33. The van der Waals surface area contributed by atoms with Gasteiger partial charge in [-0.2, -0.15) is 0 Å². The van der Waals surface area contributed by atoms with E-state index in [2.05, 4.69) is 20.3 Å². The Balaban J connectivity index is 1.88. The standard InChI is InChI=1S/C17H20N6O2S/c1-9-14(26-10(2)20-9)15(25)21-11-5-6-19-12(7-11)17(3)8-13(24)23(4)16(18)22-17/h5-7H,8H2,1-4H3,(H2,18,22)(H,19,21,25). The number of hydrogen-bond acceptors (Lipinski definition) is 7. The zero-order valence-corrected chi connectivity index (χ0v) is 15.8. The van der Waals surface area contributed by atoms with E-state index in [1.807, 2.05) is 6.92 Å². The molecule has 3 N–H and O–H groups in total. The van der Waals surface area contributed by atoms with Crippen molar-refractivity contribution in [3.63, 3.8) is 0 Å². The highest BCUT2D eigenvalue weighted by Gasteiger charge is 2.37. The van der Waals surface area contributed by atoms with Crippen LogP contribution in [-0.2, 0) is 10.3 Å². The molecule has 0 saturated carbocycles. The van der Waals surface area contributed by atoms with Crippen LogP contribution in [-0.4, -0.2) is 39.7 Å². The van der Waals surface area contributed by atoms with E-state index in [0.717, 1.165) is 5.01 Å². The van der Waals surface area contributed by atoms with Gasteiger partial charge in [0.15, 0.2) is 5.96 Å². The molecule has 3 rings (SSSR count). The summed E-state index contributed by atoms with van der Waals surface area (Å²) in [4.78, 5) is 39.6. The molecule has 0 spiro atoms. The van der Waals surface area contributed by atoms with Crippen LogP contribution in [0.3, 0.4) is 0 Å². The van der Waals surface area contributed by atoms with Crippen LogP contribution < -0.4 is 11.1 Å². The number of amides is 2. The molecule has 0 saturated heterocycles. The summed E-state index contributed by atoms with van der Waals surface area (Å²) in [7, 11) is 1.59. The fourth-order valence-corrected chi connectivity index (χ4v) is 3.60. The Labute approximate surface area is 155 Å². The topological polar surface area (TPSA) is 114 Å². The summed E-state index contributed by atoms with van der Waals surface area (Å²) in [6.07, 6.45) is 1.73. The normalized spacial score (nSPS) is 20.1. The van der Waals surface area contributed by atoms with Gasteiger partial charge in [-0.3, -0.25) is 19.5 Å². The Bertz CT molecular complexity index is 922. The minimum atomic E-state index is -0.870. The molecule has 1 aliphatic rings. The van der Waals surface area contributed by atoms with Crippen molar-refractivity contribution >= 4 is 34.8 Å². The largest absolute Gasteiger partial charge is 0.369 e. The molecular weight excluding hydrogens is 352 g/mol. The number of carbonyl (C=O) groups is 2. The molecule has 26 heavy (non-hydrogen) atoms. The number of guanidine groups is 1. The molecular formula is C17H20N6O2S. The Morgan fingerprint density at radius 2 is 2.15 bits per heavy atom. The number of thiazole rings is 1. The van der Waals surface area contributed by atoms with Gasteiger partial charge in [-0.05, 0) is 32.9 Å². The number of nitrogens with zero attached hydrogens (tertiary/aromatic N) is 4. The highest BCUT2D eigenvalue weighted by atomic mass is 32.1. The second kappa shape index (κ2) is 6.49. The van der Waals surface area contributed by atoms with Gasteiger partial charge in [0.25, 0.3) is 5.91 Å². The maximum atomic E-state index is 12.5. The number of aliphatic imine (C=N–C) groups is 1. The molecule has 2 amide bonds. The van der Waals surface area contributed by atoms with Crippen LogP contribution in [0.4, 0.5) is 5.69 Å². The molecule has 0 bridgehead atoms. The quantitative estimate of drug-likeness (QED) is 0.853. The van der Waals surface area contributed by atoms with Crippen molar-refractivity contribution in [1.82, 2.24) is 14.9 Å². The van der Waals surface area contributed by atoms with Gasteiger partial charge in [-0.15, -0.1) is 11.3 Å². The molecule has 0 radical (unpaired) electrons. The molecule has 1 atom stereocenters. The van der Waals surface area contributed by atoms with Crippen LogP contribution in [0.1, 0.15) is 39.4 Å². The lowest BCUT2D eigenvalue weighted by Crippen LogP contribution is -2.47. The lowest BCUT2D eigenvalue weighted by molar-refractivity contribution is -0.128. The molecule has 1 aliphatic heterocycles. The van der Waals surface area contributed by atoms with E-state index in [4.69, 9.17) is 5.73 Å². The molecule has 8 nitrogen and oxygen atoms in total. The van der Waals surface area contributed by atoms with Crippen LogP contribution >= 0.6 is 11.3 Å². The Morgan fingerprint density at radius 1 is 1.42 bits per heavy atom.